The molecule has 3 nitrogen and oxygen atoms in total. The quantitative estimate of drug-likeness (QED) is 0.402. The van der Waals surface area contributed by atoms with E-state index in [2.05, 4.69) is 111 Å². The monoisotopic (exact) mass is 371 g/mol. The van der Waals surface area contributed by atoms with E-state index in [9.17, 15) is 0 Å². The largest absolute Gasteiger partial charge is 0.374 e. The summed E-state index contributed by atoms with van der Waals surface area (Å²) in [5.41, 5.74) is 3.71. The summed E-state index contributed by atoms with van der Waals surface area (Å²) in [6.45, 7) is 3.22. The lowest BCUT2D eigenvalue weighted by molar-refractivity contribution is -0.870. The first-order chi connectivity index (χ1) is 12.4. The predicted octanol–water partition coefficient (Wildman–Crippen LogP) is 3.61. The molecule has 140 valence electrons. The van der Waals surface area contributed by atoms with E-state index in [4.69, 9.17) is 0 Å². The smallest absolute Gasteiger partial charge is 0.169 e. The van der Waals surface area contributed by atoms with Crippen LogP contribution in [-0.2, 0) is 6.54 Å². The number of aryl methyl sites for hydroxylation is 1. The van der Waals surface area contributed by atoms with Crippen molar-refractivity contribution in [2.75, 3.05) is 51.9 Å². The van der Waals surface area contributed by atoms with Crippen LogP contribution in [0.3, 0.4) is 0 Å². The van der Waals surface area contributed by atoms with Crippen molar-refractivity contribution in [1.29, 1.82) is 0 Å². The van der Waals surface area contributed by atoms with Gasteiger partial charge in [0.05, 0.1) is 27.7 Å². The van der Waals surface area contributed by atoms with Gasteiger partial charge in [0.15, 0.2) is 18.9 Å². The number of hydrogen-bond acceptors (Lipinski definition) is 2. The predicted molar refractivity (Wildman–Crippen MR) is 117 cm³/mol. The zero-order chi connectivity index (χ0) is 19.0. The van der Waals surface area contributed by atoms with Gasteiger partial charge in [0.2, 0.25) is 0 Å². The van der Waals surface area contributed by atoms with Crippen molar-refractivity contribution < 1.29 is 9.05 Å². The maximum atomic E-state index is 4.26. The fraction of sp³-hybridized carbons (Fsp3) is 0.409. The van der Waals surface area contributed by atoms with Crippen LogP contribution in [0, 0.1) is 0 Å². The van der Waals surface area contributed by atoms with E-state index in [0.29, 0.717) is 0 Å². The van der Waals surface area contributed by atoms with Crippen LogP contribution in [0.4, 0.5) is 5.69 Å². The number of pyridine rings is 1. The Morgan fingerprint density at radius 3 is 2.08 bits per heavy atom. The molecule has 0 radical (unpaired) electrons. The molecule has 0 aliphatic rings. The Kier molecular flexibility index (Phi) is 7.73. The van der Waals surface area contributed by atoms with Crippen molar-refractivity contribution >= 4 is 30.5 Å². The highest BCUT2D eigenvalue weighted by Gasteiger charge is 2.07. The SMILES string of the molecule is CN(CCC[N+](C)(C)C)c1ccc(/C=C/c2cc[n+](CCS)cc2)cc1. The third-order valence-corrected chi connectivity index (χ3v) is 4.60. The highest BCUT2D eigenvalue weighted by molar-refractivity contribution is 7.80. The van der Waals surface area contributed by atoms with Gasteiger partial charge in [-0.1, -0.05) is 24.3 Å². The first-order valence-corrected chi connectivity index (χ1v) is 9.90. The summed E-state index contributed by atoms with van der Waals surface area (Å²) >= 11 is 4.26. The molecule has 1 aromatic heterocycles. The van der Waals surface area contributed by atoms with E-state index in [1.165, 1.54) is 29.8 Å². The molecule has 0 fully saturated rings. The van der Waals surface area contributed by atoms with Gasteiger partial charge in [-0.25, -0.2) is 4.57 Å². The van der Waals surface area contributed by atoms with E-state index >= 15 is 0 Å². The molecular weight excluding hydrogens is 338 g/mol. The van der Waals surface area contributed by atoms with Crippen molar-refractivity contribution in [1.82, 2.24) is 0 Å². The molecule has 0 saturated heterocycles. The molecule has 0 unspecified atom stereocenters. The van der Waals surface area contributed by atoms with Crippen LogP contribution in [0.15, 0.2) is 48.8 Å². The van der Waals surface area contributed by atoms with Gasteiger partial charge in [-0.2, -0.15) is 12.6 Å². The summed E-state index contributed by atoms with van der Waals surface area (Å²) in [6, 6.07) is 13.1. The van der Waals surface area contributed by atoms with Gasteiger partial charge >= 0.3 is 0 Å². The molecule has 4 heteroatoms. The summed E-state index contributed by atoms with van der Waals surface area (Å²) < 4.78 is 3.17. The Labute approximate surface area is 164 Å². The first kappa shape index (κ1) is 20.5. The molecule has 0 spiro atoms. The molecule has 0 N–H and O–H groups in total. The Morgan fingerprint density at radius 2 is 1.54 bits per heavy atom. The number of rotatable bonds is 9. The molecule has 0 bridgehead atoms. The highest BCUT2D eigenvalue weighted by atomic mass is 32.1. The van der Waals surface area contributed by atoms with Gasteiger partial charge < -0.3 is 9.38 Å². The Hall–Kier alpha value is -1.78. The van der Waals surface area contributed by atoms with Crippen molar-refractivity contribution in [2.24, 2.45) is 0 Å². The normalized spacial score (nSPS) is 11.9. The van der Waals surface area contributed by atoms with Crippen LogP contribution < -0.4 is 9.47 Å². The van der Waals surface area contributed by atoms with Crippen LogP contribution in [0.5, 0.6) is 0 Å². The summed E-state index contributed by atoms with van der Waals surface area (Å²) in [7, 11) is 8.90. The number of thiol groups is 1. The molecule has 1 heterocycles. The zero-order valence-corrected chi connectivity index (χ0v) is 17.5. The Balaban J connectivity index is 1.90. The van der Waals surface area contributed by atoms with Crippen LogP contribution in [-0.4, -0.2) is 51.5 Å². The Bertz CT molecular complexity index is 685. The zero-order valence-electron chi connectivity index (χ0n) is 16.6. The Morgan fingerprint density at radius 1 is 0.962 bits per heavy atom. The fourth-order valence-corrected chi connectivity index (χ4v) is 3.02. The lowest BCUT2D eigenvalue weighted by atomic mass is 10.1. The van der Waals surface area contributed by atoms with Crippen molar-refractivity contribution in [2.45, 2.75) is 13.0 Å². The molecular formula is C22H33N3S+2. The van der Waals surface area contributed by atoms with Crippen molar-refractivity contribution in [3.63, 3.8) is 0 Å². The molecule has 2 rings (SSSR count). The summed E-state index contributed by atoms with van der Waals surface area (Å²) in [6.07, 6.45) is 9.72. The minimum Gasteiger partial charge on any atom is -0.374 e. The maximum absolute atomic E-state index is 4.26. The maximum Gasteiger partial charge on any atom is 0.169 e. The lowest BCUT2D eigenvalue weighted by Crippen LogP contribution is -2.37. The minimum absolute atomic E-state index is 0.857. The van der Waals surface area contributed by atoms with Gasteiger partial charge in [-0.3, -0.25) is 0 Å². The van der Waals surface area contributed by atoms with Crippen LogP contribution in [0.25, 0.3) is 12.2 Å². The van der Waals surface area contributed by atoms with Gasteiger partial charge in [-0.05, 0) is 23.3 Å². The van der Waals surface area contributed by atoms with E-state index in [1.807, 2.05) is 0 Å². The van der Waals surface area contributed by atoms with Gasteiger partial charge in [-0.15, -0.1) is 0 Å². The topological polar surface area (TPSA) is 7.12 Å². The third kappa shape index (κ3) is 7.22. The molecule has 0 atom stereocenters. The number of benzene rings is 1. The average molecular weight is 372 g/mol. The van der Waals surface area contributed by atoms with Crippen LogP contribution in [0.2, 0.25) is 0 Å². The van der Waals surface area contributed by atoms with E-state index in [1.54, 1.807) is 0 Å². The first-order valence-electron chi connectivity index (χ1n) is 9.27. The van der Waals surface area contributed by atoms with Crippen molar-refractivity contribution in [3.8, 4) is 0 Å². The standard InChI is InChI=1S/C22H32N3S/c1-23(14-5-18-25(2,3)4)22-10-8-20(9-11-22)6-7-21-12-15-24(16-13-21)17-19-26/h6-13,15-16H,5,14,17-19H2,1-4H3/q+1/p+1. The van der Waals surface area contributed by atoms with Gasteiger partial charge in [0, 0.05) is 43.6 Å². The van der Waals surface area contributed by atoms with Crippen molar-refractivity contribution in [3.05, 3.63) is 59.9 Å². The number of quaternary nitrogens is 1. The number of anilines is 1. The molecule has 0 aliphatic heterocycles. The molecule has 0 saturated carbocycles. The summed E-state index contributed by atoms with van der Waals surface area (Å²) in [5.74, 6) is 0.857. The van der Waals surface area contributed by atoms with Crippen LogP contribution in [0.1, 0.15) is 17.5 Å². The number of hydrogen-bond donors (Lipinski definition) is 1. The summed E-state index contributed by atoms with van der Waals surface area (Å²) in [5, 5.41) is 0. The molecule has 0 amide bonds. The van der Waals surface area contributed by atoms with E-state index in [-0.39, 0.29) is 0 Å². The molecule has 26 heavy (non-hydrogen) atoms. The number of aromatic nitrogens is 1. The third-order valence-electron chi connectivity index (χ3n) is 4.40. The molecule has 0 aliphatic carbocycles. The molecule has 1 aromatic carbocycles. The second-order valence-corrected chi connectivity index (χ2v) is 8.25. The van der Waals surface area contributed by atoms with E-state index < -0.39 is 0 Å². The van der Waals surface area contributed by atoms with Gasteiger partial charge in [0.25, 0.3) is 0 Å². The second-order valence-electron chi connectivity index (χ2n) is 7.81. The average Bonchev–Trinajstić information content (AvgIpc) is 2.61. The fourth-order valence-electron chi connectivity index (χ4n) is 2.79. The second kappa shape index (κ2) is 9.79. The van der Waals surface area contributed by atoms with E-state index in [0.717, 1.165) is 23.3 Å². The minimum atomic E-state index is 0.857. The summed E-state index contributed by atoms with van der Waals surface area (Å²) in [4.78, 5) is 2.33. The van der Waals surface area contributed by atoms with Crippen LogP contribution >= 0.6 is 12.6 Å². The number of nitrogens with zero attached hydrogens (tertiary/aromatic N) is 3. The highest BCUT2D eigenvalue weighted by Crippen LogP contribution is 2.16. The molecule has 2 aromatic rings. The van der Waals surface area contributed by atoms with Gasteiger partial charge in [0.1, 0.15) is 0 Å². The lowest BCUT2D eigenvalue weighted by Gasteiger charge is -2.26.